The van der Waals surface area contributed by atoms with Gasteiger partial charge in [-0.3, -0.25) is 14.9 Å². The predicted molar refractivity (Wildman–Crippen MR) is 104 cm³/mol. The van der Waals surface area contributed by atoms with Crippen LogP contribution in [0.2, 0.25) is 0 Å². The summed E-state index contributed by atoms with van der Waals surface area (Å²) in [6.07, 6.45) is 0.829. The highest BCUT2D eigenvalue weighted by atomic mass is 32.1. The van der Waals surface area contributed by atoms with Crippen LogP contribution in [0.25, 0.3) is 0 Å². The molecule has 0 fully saturated rings. The van der Waals surface area contributed by atoms with E-state index in [9.17, 15) is 14.0 Å². The Bertz CT molecular complexity index is 826. The van der Waals surface area contributed by atoms with Crippen LogP contribution in [0.5, 0.6) is 0 Å². The summed E-state index contributed by atoms with van der Waals surface area (Å²) in [5.41, 5.74) is 0.914. The first kappa shape index (κ1) is 19.5. The number of halogens is 1. The molecule has 2 aromatic carbocycles. The van der Waals surface area contributed by atoms with E-state index in [0.29, 0.717) is 11.3 Å². The summed E-state index contributed by atoms with van der Waals surface area (Å²) in [5.74, 6) is -1.47. The molecule has 2 amide bonds. The number of anilines is 1. The molecule has 26 heavy (non-hydrogen) atoms. The summed E-state index contributed by atoms with van der Waals surface area (Å²) >= 11 is 5.09. The minimum atomic E-state index is -0.647. The molecule has 0 saturated carbocycles. The number of carbonyl (C=O) groups excluding carboxylic acids is 2. The maximum Gasteiger partial charge on any atom is 0.260 e. The second-order valence-corrected chi connectivity index (χ2v) is 6.16. The second-order valence-electron chi connectivity index (χ2n) is 5.75. The van der Waals surface area contributed by atoms with Gasteiger partial charge in [0.1, 0.15) is 5.82 Å². The Morgan fingerprint density at radius 2 is 1.85 bits per heavy atom. The molecule has 3 N–H and O–H groups in total. The maximum atomic E-state index is 13.6. The van der Waals surface area contributed by atoms with Crippen LogP contribution in [-0.2, 0) is 0 Å². The number of rotatable bonds is 5. The number of thiocarbonyl (C=S) groups is 1. The number of benzene rings is 2. The third-order valence-corrected chi connectivity index (χ3v) is 3.92. The van der Waals surface area contributed by atoms with Crippen molar-refractivity contribution in [2.24, 2.45) is 0 Å². The lowest BCUT2D eigenvalue weighted by atomic mass is 10.1. The quantitative estimate of drug-likeness (QED) is 0.702. The van der Waals surface area contributed by atoms with Crippen LogP contribution in [0.15, 0.2) is 48.5 Å². The summed E-state index contributed by atoms with van der Waals surface area (Å²) in [6.45, 7) is 3.91. The molecule has 0 saturated heterocycles. The maximum absolute atomic E-state index is 13.6. The molecule has 0 heterocycles. The third-order valence-electron chi connectivity index (χ3n) is 3.72. The van der Waals surface area contributed by atoms with Crippen LogP contribution < -0.4 is 16.0 Å². The van der Waals surface area contributed by atoms with Crippen LogP contribution in [0.4, 0.5) is 10.1 Å². The first-order chi connectivity index (χ1) is 12.4. The summed E-state index contributed by atoms with van der Waals surface area (Å²) in [4.78, 5) is 24.2. The number of nitrogens with one attached hydrogen (secondary N) is 3. The lowest BCUT2D eigenvalue weighted by Crippen LogP contribution is -2.35. The Morgan fingerprint density at radius 1 is 1.12 bits per heavy atom. The highest BCUT2D eigenvalue weighted by Gasteiger charge is 2.13. The Hall–Kier alpha value is -2.80. The van der Waals surface area contributed by atoms with Crippen molar-refractivity contribution in [1.29, 1.82) is 0 Å². The van der Waals surface area contributed by atoms with Crippen molar-refractivity contribution in [3.8, 4) is 0 Å². The summed E-state index contributed by atoms with van der Waals surface area (Å²) in [5, 5.41) is 8.13. The van der Waals surface area contributed by atoms with Gasteiger partial charge in [-0.2, -0.15) is 0 Å². The molecular weight excluding hydrogens is 353 g/mol. The smallest absolute Gasteiger partial charge is 0.260 e. The van der Waals surface area contributed by atoms with Crippen molar-refractivity contribution in [3.63, 3.8) is 0 Å². The molecule has 0 aromatic heterocycles. The number of hydrogen-bond acceptors (Lipinski definition) is 3. The lowest BCUT2D eigenvalue weighted by molar-refractivity contribution is 0.0937. The van der Waals surface area contributed by atoms with E-state index in [1.54, 1.807) is 30.3 Å². The standard InChI is InChI=1S/C19H20FN3O2S/c1-3-12(2)21-17(24)13-7-6-8-14(11-13)22-19(26)23-18(25)15-9-4-5-10-16(15)20/h4-12H,3H2,1-2H3,(H,21,24)(H2,22,23,25,26). The van der Waals surface area contributed by atoms with E-state index >= 15 is 0 Å². The SMILES string of the molecule is CCC(C)NC(=O)c1cccc(NC(=S)NC(=O)c2ccccc2F)c1. The molecule has 5 nitrogen and oxygen atoms in total. The monoisotopic (exact) mass is 373 g/mol. The van der Waals surface area contributed by atoms with Gasteiger partial charge >= 0.3 is 0 Å². The van der Waals surface area contributed by atoms with E-state index in [2.05, 4.69) is 16.0 Å². The first-order valence-electron chi connectivity index (χ1n) is 8.18. The molecule has 2 rings (SSSR count). The Labute approximate surface area is 157 Å². The molecule has 0 bridgehead atoms. The molecule has 1 atom stereocenters. The third kappa shape index (κ3) is 5.35. The molecule has 0 spiro atoms. The van der Waals surface area contributed by atoms with Crippen molar-refractivity contribution in [3.05, 3.63) is 65.5 Å². The summed E-state index contributed by atoms with van der Waals surface area (Å²) in [7, 11) is 0. The zero-order chi connectivity index (χ0) is 19.1. The fourth-order valence-corrected chi connectivity index (χ4v) is 2.34. The van der Waals surface area contributed by atoms with Crippen LogP contribution >= 0.6 is 12.2 Å². The van der Waals surface area contributed by atoms with Gasteiger partial charge < -0.3 is 10.6 Å². The minimum Gasteiger partial charge on any atom is -0.350 e. The van der Waals surface area contributed by atoms with Crippen LogP contribution in [0, 0.1) is 5.82 Å². The molecule has 0 aliphatic rings. The first-order valence-corrected chi connectivity index (χ1v) is 8.59. The van der Waals surface area contributed by atoms with Gasteiger partial charge in [0.05, 0.1) is 5.56 Å². The minimum absolute atomic E-state index is 0.0118. The van der Waals surface area contributed by atoms with Gasteiger partial charge in [-0.1, -0.05) is 25.1 Å². The molecule has 7 heteroatoms. The van der Waals surface area contributed by atoms with Crippen molar-refractivity contribution in [2.45, 2.75) is 26.3 Å². The normalized spacial score (nSPS) is 11.3. The van der Waals surface area contributed by atoms with Gasteiger partial charge in [0.25, 0.3) is 11.8 Å². The largest absolute Gasteiger partial charge is 0.350 e. The molecule has 136 valence electrons. The Balaban J connectivity index is 2.01. The molecule has 1 unspecified atom stereocenters. The van der Waals surface area contributed by atoms with Gasteiger partial charge in [-0.05, 0) is 55.9 Å². The van der Waals surface area contributed by atoms with Crippen molar-refractivity contribution in [2.75, 3.05) is 5.32 Å². The fourth-order valence-electron chi connectivity index (χ4n) is 2.13. The van der Waals surface area contributed by atoms with E-state index in [1.807, 2.05) is 13.8 Å². The van der Waals surface area contributed by atoms with E-state index in [0.717, 1.165) is 6.42 Å². The van der Waals surface area contributed by atoms with E-state index in [4.69, 9.17) is 12.2 Å². The average molecular weight is 373 g/mol. The summed E-state index contributed by atoms with van der Waals surface area (Å²) in [6, 6.07) is 12.4. The van der Waals surface area contributed by atoms with Gasteiger partial charge in [-0.15, -0.1) is 0 Å². The molecule has 0 aliphatic carbocycles. The Morgan fingerprint density at radius 3 is 2.54 bits per heavy atom. The van der Waals surface area contributed by atoms with Gasteiger partial charge in [0.2, 0.25) is 0 Å². The summed E-state index contributed by atoms with van der Waals surface area (Å²) < 4.78 is 13.6. The lowest BCUT2D eigenvalue weighted by Gasteiger charge is -2.13. The molecule has 2 aromatic rings. The van der Waals surface area contributed by atoms with E-state index in [1.165, 1.54) is 18.2 Å². The van der Waals surface area contributed by atoms with E-state index < -0.39 is 11.7 Å². The van der Waals surface area contributed by atoms with Crippen molar-refractivity contribution >= 4 is 34.8 Å². The number of carbonyl (C=O) groups is 2. The predicted octanol–water partition coefficient (Wildman–Crippen LogP) is 3.48. The number of amides is 2. The second kappa shape index (κ2) is 9.05. The van der Waals surface area contributed by atoms with Crippen molar-refractivity contribution < 1.29 is 14.0 Å². The van der Waals surface area contributed by atoms with Crippen LogP contribution in [-0.4, -0.2) is 23.0 Å². The van der Waals surface area contributed by atoms with Gasteiger partial charge in [-0.25, -0.2) is 4.39 Å². The fraction of sp³-hybridized carbons (Fsp3) is 0.211. The molecular formula is C19H20FN3O2S. The van der Waals surface area contributed by atoms with Crippen LogP contribution in [0.1, 0.15) is 41.0 Å². The zero-order valence-corrected chi connectivity index (χ0v) is 15.3. The van der Waals surface area contributed by atoms with Gasteiger partial charge in [0.15, 0.2) is 5.11 Å². The highest BCUT2D eigenvalue weighted by Crippen LogP contribution is 2.12. The molecule has 0 radical (unpaired) electrons. The average Bonchev–Trinajstić information content (AvgIpc) is 2.61. The van der Waals surface area contributed by atoms with Gasteiger partial charge in [0, 0.05) is 17.3 Å². The highest BCUT2D eigenvalue weighted by molar-refractivity contribution is 7.80. The Kier molecular flexibility index (Phi) is 6.80. The zero-order valence-electron chi connectivity index (χ0n) is 14.5. The van der Waals surface area contributed by atoms with Crippen molar-refractivity contribution in [1.82, 2.24) is 10.6 Å². The van der Waals surface area contributed by atoms with Crippen LogP contribution in [0.3, 0.4) is 0 Å². The number of hydrogen-bond donors (Lipinski definition) is 3. The van der Waals surface area contributed by atoms with E-state index in [-0.39, 0.29) is 22.6 Å². The topological polar surface area (TPSA) is 70.2 Å². The molecule has 0 aliphatic heterocycles.